The van der Waals surface area contributed by atoms with E-state index in [1.165, 1.54) is 28.8 Å². The number of anilines is 1. The van der Waals surface area contributed by atoms with Gasteiger partial charge in [-0.3, -0.25) is 4.57 Å². The molecule has 19 heavy (non-hydrogen) atoms. The second-order valence-corrected chi connectivity index (χ2v) is 4.39. The quantitative estimate of drug-likeness (QED) is 0.729. The fourth-order valence-electron chi connectivity index (χ4n) is 2.12. The molecule has 0 saturated carbocycles. The molecule has 0 saturated heterocycles. The minimum Gasteiger partial charge on any atom is -0.369 e. The lowest BCUT2D eigenvalue weighted by molar-refractivity contribution is 0.618. The Morgan fingerprint density at radius 2 is 1.89 bits per heavy atom. The summed E-state index contributed by atoms with van der Waals surface area (Å²) in [6.45, 7) is 1.80. The molecule has 0 atom stereocenters. The number of fused-ring (bicyclic) bond motifs is 1. The standard InChI is InChI=1S/C14H11F2N3/c1-8-2-4-12(10(16)6-8)19-13-5-3-9(15)7-11(13)18-14(19)17/h2-7H,1H3,(H2,17,18). The van der Waals surface area contributed by atoms with Gasteiger partial charge < -0.3 is 5.73 Å². The molecule has 2 N–H and O–H groups in total. The summed E-state index contributed by atoms with van der Waals surface area (Å²) >= 11 is 0. The molecule has 5 heteroatoms. The molecule has 0 amide bonds. The van der Waals surface area contributed by atoms with Gasteiger partial charge in [-0.25, -0.2) is 13.8 Å². The van der Waals surface area contributed by atoms with E-state index in [9.17, 15) is 8.78 Å². The Balaban J connectivity index is 2.33. The van der Waals surface area contributed by atoms with Gasteiger partial charge in [0.25, 0.3) is 0 Å². The van der Waals surface area contributed by atoms with E-state index in [2.05, 4.69) is 4.98 Å². The average molecular weight is 259 g/mol. The first-order chi connectivity index (χ1) is 9.06. The van der Waals surface area contributed by atoms with Crippen LogP contribution < -0.4 is 5.73 Å². The lowest BCUT2D eigenvalue weighted by Crippen LogP contribution is -2.03. The van der Waals surface area contributed by atoms with Crippen molar-refractivity contribution < 1.29 is 8.78 Å². The molecule has 96 valence electrons. The molecule has 1 heterocycles. The van der Waals surface area contributed by atoms with Gasteiger partial charge in [0.2, 0.25) is 5.95 Å². The van der Waals surface area contributed by atoms with Gasteiger partial charge in [0, 0.05) is 6.07 Å². The molecule has 0 aliphatic rings. The lowest BCUT2D eigenvalue weighted by atomic mass is 10.2. The monoisotopic (exact) mass is 259 g/mol. The fourth-order valence-corrected chi connectivity index (χ4v) is 2.12. The highest BCUT2D eigenvalue weighted by Crippen LogP contribution is 2.25. The molecule has 3 aromatic rings. The van der Waals surface area contributed by atoms with Crippen molar-refractivity contribution in [3.8, 4) is 5.69 Å². The summed E-state index contributed by atoms with van der Waals surface area (Å²) in [5.74, 6) is -0.666. The Labute approximate surface area is 108 Å². The molecule has 0 unspecified atom stereocenters. The first-order valence-corrected chi connectivity index (χ1v) is 5.76. The average Bonchev–Trinajstić information content (AvgIpc) is 2.65. The van der Waals surface area contributed by atoms with Gasteiger partial charge in [-0.1, -0.05) is 6.07 Å². The summed E-state index contributed by atoms with van der Waals surface area (Å²) in [5.41, 5.74) is 7.89. The van der Waals surface area contributed by atoms with E-state index in [1.807, 2.05) is 0 Å². The second-order valence-electron chi connectivity index (χ2n) is 4.39. The van der Waals surface area contributed by atoms with E-state index in [0.717, 1.165) is 5.56 Å². The van der Waals surface area contributed by atoms with Crippen molar-refractivity contribution in [3.05, 3.63) is 53.6 Å². The summed E-state index contributed by atoms with van der Waals surface area (Å²) in [5, 5.41) is 0. The molecule has 0 bridgehead atoms. The van der Waals surface area contributed by atoms with E-state index in [-0.39, 0.29) is 5.95 Å². The van der Waals surface area contributed by atoms with Crippen LogP contribution in [0, 0.1) is 18.6 Å². The Hall–Kier alpha value is -2.43. The predicted molar refractivity (Wildman–Crippen MR) is 70.1 cm³/mol. The number of halogens is 2. The number of nitrogens with zero attached hydrogens (tertiary/aromatic N) is 2. The van der Waals surface area contributed by atoms with E-state index in [1.54, 1.807) is 19.1 Å². The van der Waals surface area contributed by atoms with Gasteiger partial charge >= 0.3 is 0 Å². The molecular weight excluding hydrogens is 248 g/mol. The van der Waals surface area contributed by atoms with Crippen molar-refractivity contribution >= 4 is 17.0 Å². The summed E-state index contributed by atoms with van der Waals surface area (Å²) in [6.07, 6.45) is 0. The zero-order chi connectivity index (χ0) is 13.6. The SMILES string of the molecule is Cc1ccc(-n2c(N)nc3cc(F)ccc32)c(F)c1. The van der Waals surface area contributed by atoms with Crippen LogP contribution in [0.2, 0.25) is 0 Å². The lowest BCUT2D eigenvalue weighted by Gasteiger charge is -2.08. The van der Waals surface area contributed by atoms with Gasteiger partial charge in [-0.2, -0.15) is 0 Å². The van der Waals surface area contributed by atoms with Crippen LogP contribution in [0.4, 0.5) is 14.7 Å². The Bertz CT molecular complexity index is 778. The predicted octanol–water partition coefficient (Wildman–Crippen LogP) is 3.19. The normalized spacial score (nSPS) is 11.1. The number of rotatable bonds is 1. The van der Waals surface area contributed by atoms with Crippen molar-refractivity contribution in [1.29, 1.82) is 0 Å². The van der Waals surface area contributed by atoms with E-state index in [0.29, 0.717) is 16.7 Å². The molecule has 0 aliphatic carbocycles. The van der Waals surface area contributed by atoms with Gasteiger partial charge in [0.1, 0.15) is 11.6 Å². The Kier molecular flexibility index (Phi) is 2.48. The molecule has 1 aromatic heterocycles. The van der Waals surface area contributed by atoms with Crippen molar-refractivity contribution in [2.45, 2.75) is 6.92 Å². The van der Waals surface area contributed by atoms with Crippen molar-refractivity contribution in [3.63, 3.8) is 0 Å². The van der Waals surface area contributed by atoms with Gasteiger partial charge in [0.15, 0.2) is 0 Å². The van der Waals surface area contributed by atoms with Crippen LogP contribution in [0.3, 0.4) is 0 Å². The second kappa shape index (κ2) is 4.05. The number of nitrogen functional groups attached to an aromatic ring is 1. The van der Waals surface area contributed by atoms with Crippen LogP contribution in [0.5, 0.6) is 0 Å². The zero-order valence-electron chi connectivity index (χ0n) is 10.2. The first-order valence-electron chi connectivity index (χ1n) is 5.76. The van der Waals surface area contributed by atoms with Crippen LogP contribution >= 0.6 is 0 Å². The number of imidazole rings is 1. The number of benzene rings is 2. The fraction of sp³-hybridized carbons (Fsp3) is 0.0714. The third-order valence-electron chi connectivity index (χ3n) is 2.99. The number of nitrogens with two attached hydrogens (primary N) is 1. The van der Waals surface area contributed by atoms with Crippen molar-refractivity contribution in [2.24, 2.45) is 0 Å². The molecule has 0 fully saturated rings. The van der Waals surface area contributed by atoms with Gasteiger partial charge in [0.05, 0.1) is 16.7 Å². The molecule has 0 radical (unpaired) electrons. The molecular formula is C14H11F2N3. The maximum absolute atomic E-state index is 14.0. The summed E-state index contributed by atoms with van der Waals surface area (Å²) in [7, 11) is 0. The van der Waals surface area contributed by atoms with Crippen LogP contribution in [0.25, 0.3) is 16.7 Å². The highest BCUT2D eigenvalue weighted by Gasteiger charge is 2.13. The highest BCUT2D eigenvalue weighted by molar-refractivity contribution is 5.80. The van der Waals surface area contributed by atoms with Crippen LogP contribution in [0.15, 0.2) is 36.4 Å². The molecule has 2 aromatic carbocycles. The van der Waals surface area contributed by atoms with Crippen LogP contribution in [-0.4, -0.2) is 9.55 Å². The minimum atomic E-state index is -0.401. The first kappa shape index (κ1) is 11.6. The number of hydrogen-bond donors (Lipinski definition) is 1. The van der Waals surface area contributed by atoms with E-state index in [4.69, 9.17) is 5.73 Å². The molecule has 3 rings (SSSR count). The zero-order valence-corrected chi connectivity index (χ0v) is 10.2. The van der Waals surface area contributed by atoms with E-state index >= 15 is 0 Å². The van der Waals surface area contributed by atoms with Gasteiger partial charge in [-0.15, -0.1) is 0 Å². The third kappa shape index (κ3) is 1.83. The number of aromatic nitrogens is 2. The maximum atomic E-state index is 14.0. The Morgan fingerprint density at radius 1 is 1.11 bits per heavy atom. The molecule has 3 nitrogen and oxygen atoms in total. The summed E-state index contributed by atoms with van der Waals surface area (Å²) in [6, 6.07) is 8.94. The third-order valence-corrected chi connectivity index (χ3v) is 2.99. The van der Waals surface area contributed by atoms with E-state index < -0.39 is 11.6 Å². The molecule has 0 aliphatic heterocycles. The largest absolute Gasteiger partial charge is 0.369 e. The van der Waals surface area contributed by atoms with Crippen LogP contribution in [-0.2, 0) is 0 Å². The van der Waals surface area contributed by atoms with Crippen LogP contribution in [0.1, 0.15) is 5.56 Å². The topological polar surface area (TPSA) is 43.8 Å². The Morgan fingerprint density at radius 3 is 2.63 bits per heavy atom. The summed E-state index contributed by atoms with van der Waals surface area (Å²) < 4.78 is 28.6. The number of aryl methyl sites for hydroxylation is 1. The van der Waals surface area contributed by atoms with Gasteiger partial charge in [-0.05, 0) is 36.8 Å². The minimum absolute atomic E-state index is 0.128. The van der Waals surface area contributed by atoms with Crippen molar-refractivity contribution in [2.75, 3.05) is 5.73 Å². The smallest absolute Gasteiger partial charge is 0.206 e. The highest BCUT2D eigenvalue weighted by atomic mass is 19.1. The molecule has 0 spiro atoms. The maximum Gasteiger partial charge on any atom is 0.206 e. The summed E-state index contributed by atoms with van der Waals surface area (Å²) in [4.78, 5) is 4.05. The number of hydrogen-bond acceptors (Lipinski definition) is 2. The van der Waals surface area contributed by atoms with Crippen molar-refractivity contribution in [1.82, 2.24) is 9.55 Å².